The van der Waals surface area contributed by atoms with Gasteiger partial charge in [0, 0.05) is 23.1 Å². The second-order valence-corrected chi connectivity index (χ2v) is 5.43. The minimum Gasteiger partial charge on any atom is -0.496 e. The highest BCUT2D eigenvalue weighted by atomic mass is 79.9. The van der Waals surface area contributed by atoms with Gasteiger partial charge >= 0.3 is 0 Å². The van der Waals surface area contributed by atoms with Crippen LogP contribution in [0.2, 0.25) is 0 Å². The molecule has 0 aliphatic carbocycles. The lowest BCUT2D eigenvalue weighted by Gasteiger charge is -2.16. The Kier molecular flexibility index (Phi) is 5.59. The predicted octanol–water partition coefficient (Wildman–Crippen LogP) is 3.28. The van der Waals surface area contributed by atoms with Crippen LogP contribution in [0.1, 0.15) is 17.2 Å². The first-order valence-electron chi connectivity index (χ1n) is 6.47. The molecule has 0 aromatic heterocycles. The molecule has 0 amide bonds. The second kappa shape index (κ2) is 7.43. The van der Waals surface area contributed by atoms with E-state index in [-0.39, 0.29) is 0 Å². The van der Waals surface area contributed by atoms with E-state index >= 15 is 0 Å². The van der Waals surface area contributed by atoms with Gasteiger partial charge in [-0.2, -0.15) is 0 Å². The number of methoxy groups -OCH3 is 1. The van der Waals surface area contributed by atoms with E-state index in [0.717, 1.165) is 16.6 Å². The minimum absolute atomic E-state index is 0.474. The first-order chi connectivity index (χ1) is 9.70. The van der Waals surface area contributed by atoms with Gasteiger partial charge in [-0.3, -0.25) is 0 Å². The quantitative estimate of drug-likeness (QED) is 0.851. The van der Waals surface area contributed by atoms with Gasteiger partial charge in [0.05, 0.1) is 13.2 Å². The van der Waals surface area contributed by atoms with Gasteiger partial charge in [0.25, 0.3) is 0 Å². The maximum atomic E-state index is 10.3. The molecular formula is C16H18BrNO2. The molecule has 0 aliphatic rings. The lowest BCUT2D eigenvalue weighted by atomic mass is 10.1. The van der Waals surface area contributed by atoms with E-state index in [1.165, 1.54) is 5.56 Å². The third-order valence-corrected chi connectivity index (χ3v) is 3.55. The van der Waals surface area contributed by atoms with E-state index in [2.05, 4.69) is 33.4 Å². The maximum Gasteiger partial charge on any atom is 0.124 e. The third kappa shape index (κ3) is 4.07. The SMILES string of the molecule is COc1ccc(Br)cc1C(O)CNCc1ccccc1. The Hall–Kier alpha value is -1.36. The summed E-state index contributed by atoms with van der Waals surface area (Å²) < 4.78 is 6.20. The summed E-state index contributed by atoms with van der Waals surface area (Å²) in [4.78, 5) is 0. The van der Waals surface area contributed by atoms with Crippen LogP contribution < -0.4 is 10.1 Å². The number of hydrogen-bond donors (Lipinski definition) is 2. The Morgan fingerprint density at radius 2 is 1.95 bits per heavy atom. The van der Waals surface area contributed by atoms with Crippen LogP contribution in [0.25, 0.3) is 0 Å². The van der Waals surface area contributed by atoms with Crippen LogP contribution >= 0.6 is 15.9 Å². The van der Waals surface area contributed by atoms with Crippen molar-refractivity contribution in [2.24, 2.45) is 0 Å². The zero-order valence-electron chi connectivity index (χ0n) is 11.3. The highest BCUT2D eigenvalue weighted by molar-refractivity contribution is 9.10. The van der Waals surface area contributed by atoms with Gasteiger partial charge in [-0.25, -0.2) is 0 Å². The highest BCUT2D eigenvalue weighted by Gasteiger charge is 2.13. The van der Waals surface area contributed by atoms with Crippen LogP contribution in [0.5, 0.6) is 5.75 Å². The molecule has 2 rings (SSSR count). The Morgan fingerprint density at radius 3 is 2.65 bits per heavy atom. The van der Waals surface area contributed by atoms with Crippen LogP contribution in [-0.4, -0.2) is 18.8 Å². The fourth-order valence-corrected chi connectivity index (χ4v) is 2.40. The van der Waals surface area contributed by atoms with E-state index < -0.39 is 6.10 Å². The summed E-state index contributed by atoms with van der Waals surface area (Å²) in [6.45, 7) is 1.20. The van der Waals surface area contributed by atoms with Crippen molar-refractivity contribution < 1.29 is 9.84 Å². The van der Waals surface area contributed by atoms with E-state index in [0.29, 0.717) is 12.3 Å². The molecule has 0 fully saturated rings. The number of nitrogens with one attached hydrogen (secondary N) is 1. The molecular weight excluding hydrogens is 318 g/mol. The van der Waals surface area contributed by atoms with E-state index in [1.807, 2.05) is 36.4 Å². The molecule has 0 heterocycles. The van der Waals surface area contributed by atoms with Crippen molar-refractivity contribution >= 4 is 15.9 Å². The topological polar surface area (TPSA) is 41.5 Å². The van der Waals surface area contributed by atoms with E-state index in [9.17, 15) is 5.11 Å². The number of aliphatic hydroxyl groups is 1. The Morgan fingerprint density at radius 1 is 1.20 bits per heavy atom. The van der Waals surface area contributed by atoms with Crippen molar-refractivity contribution in [3.8, 4) is 5.75 Å². The minimum atomic E-state index is -0.605. The zero-order valence-corrected chi connectivity index (χ0v) is 12.9. The largest absolute Gasteiger partial charge is 0.496 e. The van der Waals surface area contributed by atoms with Crippen molar-refractivity contribution in [1.82, 2.24) is 5.32 Å². The number of rotatable bonds is 6. The lowest BCUT2D eigenvalue weighted by molar-refractivity contribution is 0.170. The monoisotopic (exact) mass is 335 g/mol. The van der Waals surface area contributed by atoms with Crippen LogP contribution in [0.15, 0.2) is 53.0 Å². The second-order valence-electron chi connectivity index (χ2n) is 4.52. The lowest BCUT2D eigenvalue weighted by Crippen LogP contribution is -2.21. The summed E-state index contributed by atoms with van der Waals surface area (Å²) >= 11 is 3.41. The molecule has 3 nitrogen and oxygen atoms in total. The molecule has 0 bridgehead atoms. The fraction of sp³-hybridized carbons (Fsp3) is 0.250. The van der Waals surface area contributed by atoms with Crippen LogP contribution in [0.3, 0.4) is 0 Å². The van der Waals surface area contributed by atoms with Crippen molar-refractivity contribution in [3.63, 3.8) is 0 Å². The molecule has 2 N–H and O–H groups in total. The summed E-state index contributed by atoms with van der Waals surface area (Å²) in [6.07, 6.45) is -0.605. The smallest absolute Gasteiger partial charge is 0.124 e. The van der Waals surface area contributed by atoms with Crippen molar-refractivity contribution in [1.29, 1.82) is 0 Å². The summed E-state index contributed by atoms with van der Waals surface area (Å²) in [7, 11) is 1.61. The van der Waals surface area contributed by atoms with Crippen LogP contribution in [0.4, 0.5) is 0 Å². The number of benzene rings is 2. The molecule has 1 unspecified atom stereocenters. The summed E-state index contributed by atoms with van der Waals surface area (Å²) in [5.74, 6) is 0.696. The van der Waals surface area contributed by atoms with Crippen molar-refractivity contribution in [2.75, 3.05) is 13.7 Å². The summed E-state index contributed by atoms with van der Waals surface area (Å²) in [6, 6.07) is 15.7. The molecule has 0 spiro atoms. The number of hydrogen-bond acceptors (Lipinski definition) is 3. The number of halogens is 1. The Balaban J connectivity index is 1.95. The molecule has 0 saturated carbocycles. The first kappa shape index (κ1) is 15.0. The Bertz CT molecular complexity index is 545. The molecule has 2 aromatic rings. The molecule has 2 aromatic carbocycles. The molecule has 0 saturated heterocycles. The van der Waals surface area contributed by atoms with Gasteiger partial charge in [0.1, 0.15) is 5.75 Å². The number of aliphatic hydroxyl groups excluding tert-OH is 1. The van der Waals surface area contributed by atoms with E-state index in [1.54, 1.807) is 7.11 Å². The highest BCUT2D eigenvalue weighted by Crippen LogP contribution is 2.28. The number of ether oxygens (including phenoxy) is 1. The fourth-order valence-electron chi connectivity index (χ4n) is 2.02. The average Bonchev–Trinajstić information content (AvgIpc) is 2.48. The van der Waals surface area contributed by atoms with Crippen molar-refractivity contribution in [2.45, 2.75) is 12.6 Å². The molecule has 0 aliphatic heterocycles. The normalized spacial score (nSPS) is 12.2. The predicted molar refractivity (Wildman–Crippen MR) is 83.8 cm³/mol. The summed E-state index contributed by atoms with van der Waals surface area (Å²) in [5, 5.41) is 13.5. The van der Waals surface area contributed by atoms with Gasteiger partial charge in [-0.05, 0) is 23.8 Å². The van der Waals surface area contributed by atoms with E-state index in [4.69, 9.17) is 4.74 Å². The van der Waals surface area contributed by atoms with Crippen LogP contribution in [0, 0.1) is 0 Å². The molecule has 0 radical (unpaired) electrons. The van der Waals surface area contributed by atoms with Gasteiger partial charge < -0.3 is 15.2 Å². The molecule has 106 valence electrons. The van der Waals surface area contributed by atoms with Gasteiger partial charge in [-0.1, -0.05) is 46.3 Å². The first-order valence-corrected chi connectivity index (χ1v) is 7.26. The standard InChI is InChI=1S/C16H18BrNO2/c1-20-16-8-7-13(17)9-14(16)15(19)11-18-10-12-5-3-2-4-6-12/h2-9,15,18-19H,10-11H2,1H3. The maximum absolute atomic E-state index is 10.3. The summed E-state index contributed by atoms with van der Waals surface area (Å²) in [5.41, 5.74) is 1.98. The Labute approximate surface area is 127 Å². The third-order valence-electron chi connectivity index (χ3n) is 3.06. The molecule has 1 atom stereocenters. The van der Waals surface area contributed by atoms with Gasteiger partial charge in [0.15, 0.2) is 0 Å². The zero-order chi connectivity index (χ0) is 14.4. The van der Waals surface area contributed by atoms with Crippen molar-refractivity contribution in [3.05, 3.63) is 64.1 Å². The molecule has 20 heavy (non-hydrogen) atoms. The average molecular weight is 336 g/mol. The van der Waals surface area contributed by atoms with Gasteiger partial charge in [-0.15, -0.1) is 0 Å². The van der Waals surface area contributed by atoms with Crippen LogP contribution in [-0.2, 0) is 6.54 Å². The van der Waals surface area contributed by atoms with Gasteiger partial charge in [0.2, 0.25) is 0 Å². The molecule has 4 heteroatoms.